The number of ketones is 4. The van der Waals surface area contributed by atoms with Crippen LogP contribution in [0.5, 0.6) is 0 Å². The second kappa shape index (κ2) is 15.1. The Hall–Kier alpha value is -2.42. The molecule has 1 aromatic rings. The lowest BCUT2D eigenvalue weighted by atomic mass is 9.46. The third-order valence-electron chi connectivity index (χ3n) is 17.0. The van der Waals surface area contributed by atoms with Crippen molar-refractivity contribution in [1.82, 2.24) is 0 Å². The van der Waals surface area contributed by atoms with E-state index in [9.17, 15) is 32.7 Å². The molecule has 0 spiro atoms. The van der Waals surface area contributed by atoms with Gasteiger partial charge in [-0.25, -0.2) is 8.42 Å². The molecule has 0 unspecified atom stereocenters. The molecule has 0 aromatic heterocycles. The van der Waals surface area contributed by atoms with E-state index in [4.69, 9.17) is 10.7 Å². The lowest BCUT2D eigenvalue weighted by molar-refractivity contribution is -0.134. The minimum absolute atomic E-state index is 0.0260. The third-order valence-corrected chi connectivity index (χ3v) is 18.4. The van der Waals surface area contributed by atoms with Gasteiger partial charge in [0.15, 0.2) is 11.6 Å². The highest BCUT2D eigenvalue weighted by Crippen LogP contribution is 2.66. The first kappa shape index (κ1) is 40.8. The van der Waals surface area contributed by atoms with Gasteiger partial charge in [0, 0.05) is 52.6 Å². The van der Waals surface area contributed by atoms with E-state index in [0.29, 0.717) is 47.4 Å². The first-order valence-electron chi connectivity index (χ1n) is 21.2. The fourth-order valence-electron chi connectivity index (χ4n) is 13.9. The maximum atomic E-state index is 12.4. The molecule has 300 valence electrons. The van der Waals surface area contributed by atoms with Crippen LogP contribution in [0, 0.1) is 64.1 Å². The average Bonchev–Trinajstić information content (AvgIpc) is 3.65. The maximum absolute atomic E-state index is 12.4. The van der Waals surface area contributed by atoms with Crippen molar-refractivity contribution >= 4 is 42.9 Å². The van der Waals surface area contributed by atoms with Crippen molar-refractivity contribution in [2.24, 2.45) is 57.2 Å². The van der Waals surface area contributed by atoms with Gasteiger partial charge in [-0.2, -0.15) is 0 Å². The van der Waals surface area contributed by atoms with Crippen LogP contribution >= 0.6 is 10.7 Å². The summed E-state index contributed by atoms with van der Waals surface area (Å²) >= 11 is 0. The molecule has 0 radical (unpaired) electrons. The molecule has 8 aliphatic rings. The van der Waals surface area contributed by atoms with Crippen molar-refractivity contribution in [3.63, 3.8) is 0 Å². The van der Waals surface area contributed by atoms with Crippen LogP contribution in [0.4, 0.5) is 0 Å². The van der Waals surface area contributed by atoms with Crippen molar-refractivity contribution in [1.29, 1.82) is 0 Å². The van der Waals surface area contributed by atoms with Crippen LogP contribution in [0.25, 0.3) is 0 Å². The highest BCUT2D eigenvalue weighted by molar-refractivity contribution is 8.13. The number of aliphatic hydroxyl groups excluding tert-OH is 1. The fraction of sp³-hybridized carbons (Fsp3) is 0.696. The Balaban J connectivity index is 0.000000135. The van der Waals surface area contributed by atoms with E-state index in [1.165, 1.54) is 42.5 Å². The minimum atomic E-state index is -3.55. The minimum Gasteiger partial charge on any atom is -0.395 e. The van der Waals surface area contributed by atoms with Crippen LogP contribution in [0.3, 0.4) is 0 Å². The predicted molar refractivity (Wildman–Crippen MR) is 214 cm³/mol. The van der Waals surface area contributed by atoms with Gasteiger partial charge in [-0.05, 0) is 156 Å². The van der Waals surface area contributed by atoms with E-state index < -0.39 is 9.05 Å². The number of hydrogen-bond donors (Lipinski definition) is 1. The second-order valence-electron chi connectivity index (χ2n) is 19.0. The van der Waals surface area contributed by atoms with E-state index in [2.05, 4.69) is 20.8 Å². The van der Waals surface area contributed by atoms with Crippen molar-refractivity contribution in [3.05, 3.63) is 53.1 Å². The molecule has 9 rings (SSSR count). The second-order valence-corrected chi connectivity index (χ2v) is 21.6. The van der Waals surface area contributed by atoms with Gasteiger partial charge in [-0.15, -0.1) is 0 Å². The number of carbonyl (C=O) groups is 4. The molecule has 0 amide bonds. The Labute approximate surface area is 332 Å². The monoisotopic (exact) mass is 792 g/mol. The summed E-state index contributed by atoms with van der Waals surface area (Å²) in [6.45, 7) is 8.80. The highest BCUT2D eigenvalue weighted by atomic mass is 35.7. The third kappa shape index (κ3) is 6.90. The standard InChI is InChI=1S/C20H28O2.C19H26O3.C7H7ClO2S/c1-3-20-11-8-14(21)12-13(20)4-5-15-16-6-7-18(22)19(16,2)10-9-17(15)20;1-18-8-7-16-14(15(18)4-5-17(18)22)3-2-12-10-13(21)6-9-19(12,16)11-20;1-6-2-4-7(5-3-6)11(8,9)10/h12,15-17H,3-11H2,1-2H3;10,14-16,20H,2-9,11H2,1H3;2-5H,1H3/t15-,16-,17-,19-,20-;14-,15-,16-,18-,19+;/m00./s1. The van der Waals surface area contributed by atoms with Gasteiger partial charge >= 0.3 is 0 Å². The topological polar surface area (TPSA) is 123 Å². The van der Waals surface area contributed by atoms with Crippen molar-refractivity contribution in [2.75, 3.05) is 6.61 Å². The number of carbonyl (C=O) groups excluding carboxylic acids is 4. The van der Waals surface area contributed by atoms with E-state index in [1.54, 1.807) is 12.1 Å². The Morgan fingerprint density at radius 2 is 1.09 bits per heavy atom. The van der Waals surface area contributed by atoms with E-state index in [-0.39, 0.29) is 38.9 Å². The summed E-state index contributed by atoms with van der Waals surface area (Å²) in [5.41, 5.74) is 3.66. The summed E-state index contributed by atoms with van der Waals surface area (Å²) in [4.78, 5) is 48.6. The maximum Gasteiger partial charge on any atom is 0.261 e. The smallest absolute Gasteiger partial charge is 0.261 e. The summed E-state index contributed by atoms with van der Waals surface area (Å²) in [5.74, 6) is 5.14. The van der Waals surface area contributed by atoms with Gasteiger partial charge in [0.2, 0.25) is 0 Å². The molecule has 1 aromatic carbocycles. The largest absolute Gasteiger partial charge is 0.395 e. The van der Waals surface area contributed by atoms with Crippen molar-refractivity contribution in [3.8, 4) is 0 Å². The molecule has 0 saturated heterocycles. The van der Waals surface area contributed by atoms with E-state index in [0.717, 1.165) is 101 Å². The Bertz CT molecular complexity index is 1800. The van der Waals surface area contributed by atoms with Crippen LogP contribution in [0.1, 0.15) is 135 Å². The molecule has 8 aliphatic carbocycles. The molecule has 7 nitrogen and oxygen atoms in total. The lowest BCUT2D eigenvalue weighted by Crippen LogP contribution is -2.53. The number of benzene rings is 1. The van der Waals surface area contributed by atoms with Gasteiger partial charge in [-0.3, -0.25) is 19.2 Å². The summed E-state index contributed by atoms with van der Waals surface area (Å²) in [7, 11) is 1.54. The molecule has 0 bridgehead atoms. The van der Waals surface area contributed by atoms with Crippen LogP contribution in [0.2, 0.25) is 0 Å². The molecule has 10 atom stereocenters. The molecule has 1 N–H and O–H groups in total. The van der Waals surface area contributed by atoms with Gasteiger partial charge < -0.3 is 5.11 Å². The molecule has 55 heavy (non-hydrogen) atoms. The number of fused-ring (bicyclic) bond motifs is 10. The van der Waals surface area contributed by atoms with Gasteiger partial charge in [0.1, 0.15) is 11.6 Å². The molecule has 0 aliphatic heterocycles. The molecule has 6 fully saturated rings. The quantitative estimate of drug-likeness (QED) is 0.303. The summed E-state index contributed by atoms with van der Waals surface area (Å²) in [6.07, 6.45) is 20.5. The first-order valence-corrected chi connectivity index (χ1v) is 23.5. The number of allylic oxidation sites excluding steroid dienone is 1. The first-order chi connectivity index (χ1) is 26.0. The fourth-order valence-corrected chi connectivity index (χ4v) is 14.7. The molecule has 6 saturated carbocycles. The van der Waals surface area contributed by atoms with Crippen LogP contribution in [-0.4, -0.2) is 43.3 Å². The Morgan fingerprint density at radius 3 is 1.55 bits per heavy atom. The van der Waals surface area contributed by atoms with Crippen molar-refractivity contribution in [2.45, 2.75) is 142 Å². The Kier molecular flexibility index (Phi) is 11.2. The lowest BCUT2D eigenvalue weighted by Gasteiger charge is -2.58. The van der Waals surface area contributed by atoms with Crippen LogP contribution in [0.15, 0.2) is 52.5 Å². The number of rotatable bonds is 3. The number of aryl methyl sites for hydroxylation is 1. The summed E-state index contributed by atoms with van der Waals surface area (Å²) in [6, 6.07) is 6.37. The van der Waals surface area contributed by atoms with Crippen LogP contribution < -0.4 is 0 Å². The molecule has 9 heteroatoms. The van der Waals surface area contributed by atoms with Crippen molar-refractivity contribution < 1.29 is 32.7 Å². The zero-order valence-corrected chi connectivity index (χ0v) is 34.9. The zero-order chi connectivity index (χ0) is 39.6. The van der Waals surface area contributed by atoms with Gasteiger partial charge in [0.25, 0.3) is 9.05 Å². The van der Waals surface area contributed by atoms with E-state index in [1.807, 2.05) is 19.1 Å². The highest BCUT2D eigenvalue weighted by Gasteiger charge is 2.61. The summed E-state index contributed by atoms with van der Waals surface area (Å²) < 4.78 is 21.4. The number of aliphatic hydroxyl groups is 1. The molecule has 0 heterocycles. The average molecular weight is 794 g/mol. The number of hydrogen-bond acceptors (Lipinski definition) is 7. The number of halogens is 1. The van der Waals surface area contributed by atoms with Gasteiger partial charge in [0.05, 0.1) is 11.5 Å². The normalized spacial score (nSPS) is 40.3. The summed E-state index contributed by atoms with van der Waals surface area (Å²) in [5, 5.41) is 10.2. The van der Waals surface area contributed by atoms with Gasteiger partial charge in [-0.1, -0.05) is 49.6 Å². The van der Waals surface area contributed by atoms with E-state index >= 15 is 0 Å². The SMILES string of the molecule is CC[C@]12CCC(=O)C=C1CC[C@@H]1[C@@H]2CC[C@]2(C)C(=O)CC[C@@H]12.C[C@]12CC[C@H]3[C@@H](CCC4=CC(=O)CC[C@@]43CO)[C@@H]1CCC2=O.Cc1ccc(S(=O)(=O)Cl)cc1. The number of Topliss-reactive ketones (excluding diaryl/α,β-unsaturated/α-hetero) is 2. The molecular formula is C46H61ClO7S. The Morgan fingerprint density at radius 1 is 0.636 bits per heavy atom. The molecular weight excluding hydrogens is 732 g/mol. The zero-order valence-electron chi connectivity index (χ0n) is 33.3. The predicted octanol–water partition coefficient (Wildman–Crippen LogP) is 9.46. The van der Waals surface area contributed by atoms with Crippen LogP contribution in [-0.2, 0) is 28.2 Å².